The van der Waals surface area contributed by atoms with Crippen molar-refractivity contribution in [3.8, 4) is 11.6 Å². The first-order chi connectivity index (χ1) is 15.7. The minimum Gasteiger partial charge on any atom is -0.419 e. The SMILES string of the molecule is CCn1cc(C(=O)NCC2CCC(c3nnc(-c4nccc5ccccc45)o3)CC2)cn1. The van der Waals surface area contributed by atoms with E-state index in [1.165, 1.54) is 0 Å². The van der Waals surface area contributed by atoms with Crippen LogP contribution in [-0.2, 0) is 6.54 Å². The summed E-state index contributed by atoms with van der Waals surface area (Å²) in [6.07, 6.45) is 9.15. The first-order valence-corrected chi connectivity index (χ1v) is 11.2. The van der Waals surface area contributed by atoms with Crippen LogP contribution in [0.3, 0.4) is 0 Å². The largest absolute Gasteiger partial charge is 0.419 e. The highest BCUT2D eigenvalue weighted by atomic mass is 16.4. The number of carbonyl (C=O) groups excluding carboxylic acids is 1. The zero-order valence-electron chi connectivity index (χ0n) is 18.1. The predicted molar refractivity (Wildman–Crippen MR) is 120 cm³/mol. The molecule has 1 aliphatic rings. The molecular formula is C24H26N6O2. The van der Waals surface area contributed by atoms with E-state index in [0.29, 0.717) is 29.8 Å². The number of fused-ring (bicyclic) bond motifs is 1. The summed E-state index contributed by atoms with van der Waals surface area (Å²) in [6.45, 7) is 3.43. The highest BCUT2D eigenvalue weighted by Crippen LogP contribution is 2.36. The van der Waals surface area contributed by atoms with Gasteiger partial charge in [0, 0.05) is 36.8 Å². The van der Waals surface area contributed by atoms with E-state index in [9.17, 15) is 4.79 Å². The minimum atomic E-state index is -0.0593. The van der Waals surface area contributed by atoms with Gasteiger partial charge in [-0.15, -0.1) is 10.2 Å². The molecule has 3 aromatic heterocycles. The summed E-state index contributed by atoms with van der Waals surface area (Å²) in [5.74, 6) is 1.80. The Labute approximate surface area is 186 Å². The number of hydrogen-bond acceptors (Lipinski definition) is 6. The van der Waals surface area contributed by atoms with Gasteiger partial charge in [-0.25, -0.2) is 0 Å². The fourth-order valence-electron chi connectivity index (χ4n) is 4.39. The zero-order valence-corrected chi connectivity index (χ0v) is 18.1. The number of nitrogens with one attached hydrogen (secondary N) is 1. The smallest absolute Gasteiger partial charge is 0.266 e. The lowest BCUT2D eigenvalue weighted by Crippen LogP contribution is -2.31. The van der Waals surface area contributed by atoms with Gasteiger partial charge < -0.3 is 9.73 Å². The van der Waals surface area contributed by atoms with Crippen LogP contribution in [-0.4, -0.2) is 37.4 Å². The predicted octanol–water partition coefficient (Wildman–Crippen LogP) is 4.21. The molecule has 1 aromatic carbocycles. The Hall–Kier alpha value is -3.55. The lowest BCUT2D eigenvalue weighted by Gasteiger charge is -2.26. The number of amides is 1. The van der Waals surface area contributed by atoms with Crippen LogP contribution in [0, 0.1) is 5.92 Å². The summed E-state index contributed by atoms with van der Waals surface area (Å²) in [4.78, 5) is 16.8. The van der Waals surface area contributed by atoms with Crippen molar-refractivity contribution >= 4 is 16.7 Å². The van der Waals surface area contributed by atoms with Gasteiger partial charge in [0.25, 0.3) is 11.8 Å². The molecule has 1 amide bonds. The highest BCUT2D eigenvalue weighted by molar-refractivity contribution is 5.93. The topological polar surface area (TPSA) is 98.7 Å². The highest BCUT2D eigenvalue weighted by Gasteiger charge is 2.27. The number of carbonyl (C=O) groups is 1. The van der Waals surface area contributed by atoms with Crippen molar-refractivity contribution in [2.45, 2.75) is 45.1 Å². The van der Waals surface area contributed by atoms with Crippen LogP contribution in [0.1, 0.15) is 54.8 Å². The zero-order chi connectivity index (χ0) is 21.9. The molecule has 0 unspecified atom stereocenters. The summed E-state index contributed by atoms with van der Waals surface area (Å²) in [7, 11) is 0. The number of benzene rings is 1. The second-order valence-corrected chi connectivity index (χ2v) is 8.34. The first kappa shape index (κ1) is 20.4. The Kier molecular flexibility index (Phi) is 5.66. The Balaban J connectivity index is 1.18. The van der Waals surface area contributed by atoms with Gasteiger partial charge in [0.05, 0.1) is 11.8 Å². The Morgan fingerprint density at radius 3 is 2.81 bits per heavy atom. The van der Waals surface area contributed by atoms with Crippen LogP contribution < -0.4 is 5.32 Å². The summed E-state index contributed by atoms with van der Waals surface area (Å²) >= 11 is 0. The van der Waals surface area contributed by atoms with Gasteiger partial charge >= 0.3 is 0 Å². The van der Waals surface area contributed by atoms with Crippen LogP contribution in [0.2, 0.25) is 0 Å². The van der Waals surface area contributed by atoms with Crippen LogP contribution in [0.4, 0.5) is 0 Å². The maximum absolute atomic E-state index is 12.3. The van der Waals surface area contributed by atoms with E-state index in [0.717, 1.165) is 48.7 Å². The Bertz CT molecular complexity index is 1220. The third-order valence-corrected chi connectivity index (χ3v) is 6.28. The third kappa shape index (κ3) is 4.12. The number of aryl methyl sites for hydroxylation is 1. The fraction of sp³-hybridized carbons (Fsp3) is 0.375. The van der Waals surface area contributed by atoms with Gasteiger partial charge in [0.1, 0.15) is 5.69 Å². The standard InChI is InChI=1S/C24H26N6O2/c1-2-30-15-19(14-27-30)22(31)26-13-16-7-9-18(10-8-16)23-28-29-24(32-23)21-20-6-4-3-5-17(20)11-12-25-21/h3-6,11-12,14-16,18H,2,7-10,13H2,1H3,(H,26,31). The number of pyridine rings is 1. The second kappa shape index (κ2) is 8.90. The van der Waals surface area contributed by atoms with Crippen molar-refractivity contribution in [2.75, 3.05) is 6.54 Å². The number of aromatic nitrogens is 5. The van der Waals surface area contributed by atoms with Crippen LogP contribution in [0.5, 0.6) is 0 Å². The Morgan fingerprint density at radius 2 is 2.00 bits per heavy atom. The molecule has 0 aliphatic heterocycles. The summed E-state index contributed by atoms with van der Waals surface area (Å²) in [6, 6.07) is 10.0. The Morgan fingerprint density at radius 1 is 1.16 bits per heavy atom. The molecular weight excluding hydrogens is 404 g/mol. The van der Waals surface area contributed by atoms with Crippen molar-refractivity contribution in [2.24, 2.45) is 5.92 Å². The van der Waals surface area contributed by atoms with Gasteiger partial charge in [-0.1, -0.05) is 24.3 Å². The van der Waals surface area contributed by atoms with Gasteiger partial charge in [0.15, 0.2) is 0 Å². The lowest BCUT2D eigenvalue weighted by atomic mass is 9.82. The molecule has 0 atom stereocenters. The average molecular weight is 431 g/mol. The van der Waals surface area contributed by atoms with Gasteiger partial charge in [-0.05, 0) is 50.0 Å². The number of nitrogens with zero attached hydrogens (tertiary/aromatic N) is 5. The molecule has 8 heteroatoms. The molecule has 3 heterocycles. The van der Waals surface area contributed by atoms with E-state index in [2.05, 4.69) is 25.6 Å². The van der Waals surface area contributed by atoms with Crippen molar-refractivity contribution < 1.29 is 9.21 Å². The van der Waals surface area contributed by atoms with E-state index >= 15 is 0 Å². The maximum atomic E-state index is 12.3. The van der Waals surface area contributed by atoms with Crippen molar-refractivity contribution in [3.63, 3.8) is 0 Å². The van der Waals surface area contributed by atoms with Crippen LogP contribution in [0.15, 0.2) is 53.3 Å². The molecule has 0 radical (unpaired) electrons. The molecule has 1 fully saturated rings. The fourth-order valence-corrected chi connectivity index (χ4v) is 4.39. The summed E-state index contributed by atoms with van der Waals surface area (Å²) in [5.41, 5.74) is 1.34. The third-order valence-electron chi connectivity index (χ3n) is 6.28. The van der Waals surface area contributed by atoms with E-state index in [-0.39, 0.29) is 11.8 Å². The van der Waals surface area contributed by atoms with E-state index in [1.807, 2.05) is 37.3 Å². The molecule has 1 saturated carbocycles. The molecule has 32 heavy (non-hydrogen) atoms. The van der Waals surface area contributed by atoms with E-state index in [1.54, 1.807) is 23.3 Å². The average Bonchev–Trinajstić information content (AvgIpc) is 3.53. The normalized spacial score (nSPS) is 18.7. The molecule has 8 nitrogen and oxygen atoms in total. The maximum Gasteiger partial charge on any atom is 0.266 e. The van der Waals surface area contributed by atoms with Crippen LogP contribution >= 0.6 is 0 Å². The molecule has 0 spiro atoms. The van der Waals surface area contributed by atoms with E-state index < -0.39 is 0 Å². The van der Waals surface area contributed by atoms with E-state index in [4.69, 9.17) is 4.42 Å². The molecule has 4 aromatic rings. The van der Waals surface area contributed by atoms with Gasteiger partial charge in [-0.2, -0.15) is 5.10 Å². The lowest BCUT2D eigenvalue weighted by molar-refractivity contribution is 0.0942. The van der Waals surface area contributed by atoms with Crippen molar-refractivity contribution in [1.29, 1.82) is 0 Å². The van der Waals surface area contributed by atoms with Crippen LogP contribution in [0.25, 0.3) is 22.4 Å². The monoisotopic (exact) mass is 430 g/mol. The van der Waals surface area contributed by atoms with Crippen molar-refractivity contribution in [1.82, 2.24) is 30.3 Å². The minimum absolute atomic E-state index is 0.0593. The molecule has 1 N–H and O–H groups in total. The quantitative estimate of drug-likeness (QED) is 0.492. The first-order valence-electron chi connectivity index (χ1n) is 11.2. The summed E-state index contributed by atoms with van der Waals surface area (Å²) < 4.78 is 7.81. The second-order valence-electron chi connectivity index (χ2n) is 8.34. The molecule has 5 rings (SSSR count). The molecule has 1 aliphatic carbocycles. The number of hydrogen-bond donors (Lipinski definition) is 1. The molecule has 0 saturated heterocycles. The van der Waals surface area contributed by atoms with Gasteiger partial charge in [-0.3, -0.25) is 14.5 Å². The summed E-state index contributed by atoms with van der Waals surface area (Å²) in [5, 5.41) is 17.9. The number of rotatable bonds is 6. The molecule has 164 valence electrons. The molecule has 0 bridgehead atoms. The van der Waals surface area contributed by atoms with Gasteiger partial charge in [0.2, 0.25) is 5.89 Å². The van der Waals surface area contributed by atoms with Crippen molar-refractivity contribution in [3.05, 3.63) is 60.4 Å².